The Hall–Kier alpha value is -0.970. The van der Waals surface area contributed by atoms with Gasteiger partial charge in [-0.05, 0) is 27.7 Å². The van der Waals surface area contributed by atoms with E-state index in [0.717, 1.165) is 0 Å². The van der Waals surface area contributed by atoms with E-state index in [1.807, 2.05) is 0 Å². The average Bonchev–Trinajstić information content (AvgIpc) is 2.10. The second-order valence-corrected chi connectivity index (χ2v) is 4.73. The minimum atomic E-state index is -0.641. The Bertz CT molecular complexity index is 251. The Labute approximate surface area is 101 Å². The average molecular weight is 251 g/mol. The zero-order valence-electron chi connectivity index (χ0n) is 10.1. The van der Waals surface area contributed by atoms with Gasteiger partial charge >= 0.3 is 6.09 Å². The van der Waals surface area contributed by atoms with E-state index in [9.17, 15) is 9.59 Å². The van der Waals surface area contributed by atoms with Gasteiger partial charge in [0.05, 0.1) is 0 Å². The minimum absolute atomic E-state index is 0.286. The Morgan fingerprint density at radius 3 is 2.38 bits per heavy atom. The van der Waals surface area contributed by atoms with E-state index in [2.05, 4.69) is 10.6 Å². The summed E-state index contributed by atoms with van der Waals surface area (Å²) in [4.78, 5) is 22.7. The smallest absolute Gasteiger partial charge is 0.408 e. The lowest BCUT2D eigenvalue weighted by atomic mass is 10.2. The SMILES string of the molecule is C[C@H](NC(=O)OC(C)(C)C)C(=O)NCCCl. The van der Waals surface area contributed by atoms with Gasteiger partial charge in [-0.2, -0.15) is 0 Å². The maximum Gasteiger partial charge on any atom is 0.408 e. The first kappa shape index (κ1) is 15.0. The van der Waals surface area contributed by atoms with Crippen molar-refractivity contribution < 1.29 is 14.3 Å². The molecule has 0 heterocycles. The van der Waals surface area contributed by atoms with E-state index in [0.29, 0.717) is 12.4 Å². The topological polar surface area (TPSA) is 67.4 Å². The van der Waals surface area contributed by atoms with E-state index in [4.69, 9.17) is 16.3 Å². The molecule has 0 spiro atoms. The highest BCUT2D eigenvalue weighted by molar-refractivity contribution is 6.18. The summed E-state index contributed by atoms with van der Waals surface area (Å²) in [7, 11) is 0. The maximum atomic E-state index is 11.4. The van der Waals surface area contributed by atoms with E-state index in [1.54, 1.807) is 27.7 Å². The number of ether oxygens (including phenoxy) is 1. The molecule has 0 rings (SSSR count). The molecule has 0 aliphatic heterocycles. The lowest BCUT2D eigenvalue weighted by Gasteiger charge is -2.21. The van der Waals surface area contributed by atoms with Crippen LogP contribution in [0, 0.1) is 0 Å². The van der Waals surface area contributed by atoms with Crippen LogP contribution in [0.5, 0.6) is 0 Å². The van der Waals surface area contributed by atoms with Crippen LogP contribution in [0.3, 0.4) is 0 Å². The quantitative estimate of drug-likeness (QED) is 0.738. The van der Waals surface area contributed by atoms with E-state index in [-0.39, 0.29) is 5.91 Å². The highest BCUT2D eigenvalue weighted by atomic mass is 35.5. The summed E-state index contributed by atoms with van der Waals surface area (Å²) >= 11 is 5.42. The molecule has 6 heteroatoms. The summed E-state index contributed by atoms with van der Waals surface area (Å²) in [5.41, 5.74) is -0.573. The van der Waals surface area contributed by atoms with Gasteiger partial charge < -0.3 is 15.4 Å². The van der Waals surface area contributed by atoms with Crippen molar-refractivity contribution in [3.63, 3.8) is 0 Å². The van der Waals surface area contributed by atoms with Crippen molar-refractivity contribution in [1.82, 2.24) is 10.6 Å². The van der Waals surface area contributed by atoms with Crippen molar-refractivity contribution in [2.45, 2.75) is 39.3 Å². The van der Waals surface area contributed by atoms with Gasteiger partial charge in [-0.25, -0.2) is 4.79 Å². The molecule has 0 aromatic heterocycles. The minimum Gasteiger partial charge on any atom is -0.444 e. The highest BCUT2D eigenvalue weighted by Crippen LogP contribution is 2.06. The van der Waals surface area contributed by atoms with E-state index >= 15 is 0 Å². The van der Waals surface area contributed by atoms with E-state index < -0.39 is 17.7 Å². The molecule has 0 fully saturated rings. The molecule has 1 atom stereocenters. The number of alkyl carbamates (subject to hydrolysis) is 1. The Morgan fingerprint density at radius 1 is 1.38 bits per heavy atom. The Balaban J connectivity index is 3.99. The molecule has 0 unspecified atom stereocenters. The second kappa shape index (κ2) is 6.58. The molecule has 5 nitrogen and oxygen atoms in total. The first-order valence-electron chi connectivity index (χ1n) is 5.09. The fourth-order valence-electron chi connectivity index (χ4n) is 0.873. The van der Waals surface area contributed by atoms with Crippen LogP contribution in [-0.4, -0.2) is 36.1 Å². The van der Waals surface area contributed by atoms with Crippen LogP contribution in [-0.2, 0) is 9.53 Å². The predicted octanol–water partition coefficient (Wildman–Crippen LogP) is 1.25. The van der Waals surface area contributed by atoms with Crippen molar-refractivity contribution in [3.8, 4) is 0 Å². The van der Waals surface area contributed by atoms with Gasteiger partial charge in [0.25, 0.3) is 0 Å². The van der Waals surface area contributed by atoms with Crippen LogP contribution < -0.4 is 10.6 Å². The lowest BCUT2D eigenvalue weighted by Crippen LogP contribution is -2.46. The van der Waals surface area contributed by atoms with Crippen molar-refractivity contribution in [3.05, 3.63) is 0 Å². The van der Waals surface area contributed by atoms with Gasteiger partial charge in [-0.1, -0.05) is 0 Å². The number of alkyl halides is 1. The molecule has 0 bridgehead atoms. The van der Waals surface area contributed by atoms with Crippen LogP contribution in [0.2, 0.25) is 0 Å². The number of hydrogen-bond acceptors (Lipinski definition) is 3. The standard InChI is InChI=1S/C10H19ClN2O3/c1-7(8(14)12-6-5-11)13-9(15)16-10(2,3)4/h7H,5-6H2,1-4H3,(H,12,14)(H,13,15)/t7-/m0/s1. The lowest BCUT2D eigenvalue weighted by molar-refractivity contribution is -0.122. The number of nitrogens with one attached hydrogen (secondary N) is 2. The monoisotopic (exact) mass is 250 g/mol. The summed E-state index contributed by atoms with van der Waals surface area (Å²) in [5, 5.41) is 4.99. The molecule has 2 N–H and O–H groups in total. The van der Waals surface area contributed by atoms with Gasteiger partial charge in [0.2, 0.25) is 5.91 Å². The maximum absolute atomic E-state index is 11.4. The molecular weight excluding hydrogens is 232 g/mol. The van der Waals surface area contributed by atoms with Gasteiger partial charge in [0, 0.05) is 12.4 Å². The van der Waals surface area contributed by atoms with Crippen LogP contribution >= 0.6 is 11.6 Å². The van der Waals surface area contributed by atoms with Gasteiger partial charge in [-0.15, -0.1) is 11.6 Å². The number of hydrogen-bond donors (Lipinski definition) is 2. The number of amides is 2. The Morgan fingerprint density at radius 2 is 1.94 bits per heavy atom. The normalized spacial score (nSPS) is 12.8. The Kier molecular flexibility index (Phi) is 6.18. The molecule has 0 aromatic rings. The third kappa shape index (κ3) is 7.34. The zero-order chi connectivity index (χ0) is 12.8. The van der Waals surface area contributed by atoms with Crippen LogP contribution in [0.15, 0.2) is 0 Å². The molecule has 16 heavy (non-hydrogen) atoms. The van der Waals surface area contributed by atoms with Crippen LogP contribution in [0.4, 0.5) is 4.79 Å². The first-order chi connectivity index (χ1) is 7.26. The molecule has 0 aromatic carbocycles. The molecule has 0 aliphatic carbocycles. The third-order valence-electron chi connectivity index (χ3n) is 1.52. The predicted molar refractivity (Wildman–Crippen MR) is 62.6 cm³/mol. The molecule has 0 saturated heterocycles. The third-order valence-corrected chi connectivity index (χ3v) is 1.71. The van der Waals surface area contributed by atoms with E-state index in [1.165, 1.54) is 0 Å². The summed E-state index contributed by atoms with van der Waals surface area (Å²) in [6, 6.07) is -0.641. The van der Waals surface area contributed by atoms with Crippen molar-refractivity contribution >= 4 is 23.6 Å². The van der Waals surface area contributed by atoms with Crippen molar-refractivity contribution in [1.29, 1.82) is 0 Å². The molecule has 0 radical (unpaired) electrons. The number of halogens is 1. The van der Waals surface area contributed by atoms with Gasteiger partial charge in [-0.3, -0.25) is 4.79 Å². The second-order valence-electron chi connectivity index (χ2n) is 4.35. The summed E-state index contributed by atoms with van der Waals surface area (Å²) in [6.45, 7) is 7.22. The fraction of sp³-hybridized carbons (Fsp3) is 0.800. The van der Waals surface area contributed by atoms with Gasteiger partial charge in [0.15, 0.2) is 0 Å². The largest absolute Gasteiger partial charge is 0.444 e. The van der Waals surface area contributed by atoms with Crippen LogP contribution in [0.1, 0.15) is 27.7 Å². The van der Waals surface area contributed by atoms with Crippen molar-refractivity contribution in [2.24, 2.45) is 0 Å². The molecule has 0 saturated carbocycles. The summed E-state index contributed by atoms with van der Waals surface area (Å²) in [5.74, 6) is 0.0526. The molecule has 2 amide bonds. The fourth-order valence-corrected chi connectivity index (χ4v) is 0.968. The molecular formula is C10H19ClN2O3. The highest BCUT2D eigenvalue weighted by Gasteiger charge is 2.20. The van der Waals surface area contributed by atoms with Crippen LogP contribution in [0.25, 0.3) is 0 Å². The first-order valence-corrected chi connectivity index (χ1v) is 5.63. The van der Waals surface area contributed by atoms with Gasteiger partial charge in [0.1, 0.15) is 11.6 Å². The summed E-state index contributed by atoms with van der Waals surface area (Å²) < 4.78 is 5.01. The number of carbonyl (C=O) groups excluding carboxylic acids is 2. The zero-order valence-corrected chi connectivity index (χ0v) is 10.9. The number of rotatable bonds is 4. The number of carbonyl (C=O) groups is 2. The molecule has 94 valence electrons. The molecule has 0 aliphatic rings. The summed E-state index contributed by atoms with van der Waals surface area (Å²) in [6.07, 6.45) is -0.610. The van der Waals surface area contributed by atoms with Crippen molar-refractivity contribution in [2.75, 3.05) is 12.4 Å².